The lowest BCUT2D eigenvalue weighted by Crippen LogP contribution is -2.14. The van der Waals surface area contributed by atoms with Gasteiger partial charge in [0.05, 0.1) is 12.1 Å². The van der Waals surface area contributed by atoms with Crippen LogP contribution in [0, 0.1) is 11.6 Å². The van der Waals surface area contributed by atoms with E-state index in [1.165, 1.54) is 6.33 Å². The summed E-state index contributed by atoms with van der Waals surface area (Å²) in [6.45, 7) is 0.556. The van der Waals surface area contributed by atoms with Crippen molar-refractivity contribution < 1.29 is 13.6 Å². The van der Waals surface area contributed by atoms with Gasteiger partial charge in [0.25, 0.3) is 5.91 Å². The predicted molar refractivity (Wildman–Crippen MR) is 79.9 cm³/mol. The van der Waals surface area contributed by atoms with E-state index in [9.17, 15) is 13.6 Å². The molecule has 0 saturated carbocycles. The van der Waals surface area contributed by atoms with Crippen LogP contribution in [0.3, 0.4) is 0 Å². The van der Waals surface area contributed by atoms with Crippen molar-refractivity contribution in [1.29, 1.82) is 0 Å². The Hall–Kier alpha value is -3.09. The van der Waals surface area contributed by atoms with E-state index in [1.807, 2.05) is 12.1 Å². The minimum absolute atomic E-state index is 0.210. The second-order valence-electron chi connectivity index (χ2n) is 4.87. The first kappa shape index (κ1) is 14.8. The molecule has 0 aliphatic heterocycles. The Bertz CT molecular complexity index is 817. The summed E-state index contributed by atoms with van der Waals surface area (Å²) in [6, 6.07) is 9.86. The molecule has 0 spiro atoms. The molecule has 0 aliphatic carbocycles. The van der Waals surface area contributed by atoms with Gasteiger partial charge in [-0.15, -0.1) is 0 Å². The van der Waals surface area contributed by atoms with Gasteiger partial charge in [0.2, 0.25) is 0 Å². The Morgan fingerprint density at radius 2 is 1.91 bits per heavy atom. The highest BCUT2D eigenvalue weighted by Crippen LogP contribution is 2.14. The monoisotopic (exact) mass is 314 g/mol. The van der Waals surface area contributed by atoms with E-state index in [0.717, 1.165) is 17.7 Å². The van der Waals surface area contributed by atoms with Crippen LogP contribution in [0.25, 0.3) is 0 Å². The smallest absolute Gasteiger partial charge is 0.258 e. The van der Waals surface area contributed by atoms with Gasteiger partial charge in [-0.25, -0.2) is 18.4 Å². The Labute approximate surface area is 130 Å². The van der Waals surface area contributed by atoms with Gasteiger partial charge in [0, 0.05) is 11.8 Å². The Morgan fingerprint density at radius 1 is 1.13 bits per heavy atom. The Morgan fingerprint density at radius 3 is 2.57 bits per heavy atom. The van der Waals surface area contributed by atoms with Gasteiger partial charge >= 0.3 is 0 Å². The summed E-state index contributed by atoms with van der Waals surface area (Å²) < 4.78 is 28.1. The fourth-order valence-electron chi connectivity index (χ4n) is 2.07. The van der Waals surface area contributed by atoms with Crippen LogP contribution in [-0.4, -0.2) is 20.7 Å². The second kappa shape index (κ2) is 6.35. The van der Waals surface area contributed by atoms with Gasteiger partial charge in [0.1, 0.15) is 24.3 Å². The zero-order valence-corrected chi connectivity index (χ0v) is 11.9. The van der Waals surface area contributed by atoms with E-state index in [0.29, 0.717) is 18.3 Å². The first-order valence-corrected chi connectivity index (χ1v) is 6.79. The zero-order chi connectivity index (χ0) is 16.2. The largest absolute Gasteiger partial charge is 0.322 e. The highest BCUT2D eigenvalue weighted by atomic mass is 19.1. The quantitative estimate of drug-likeness (QED) is 0.805. The molecular formula is C16H12F2N4O. The van der Waals surface area contributed by atoms with Gasteiger partial charge in [-0.3, -0.25) is 4.79 Å². The van der Waals surface area contributed by atoms with Crippen molar-refractivity contribution >= 4 is 11.6 Å². The van der Waals surface area contributed by atoms with E-state index < -0.39 is 17.5 Å². The molecule has 7 heteroatoms. The maximum atomic E-state index is 13.6. The molecule has 5 nitrogen and oxygen atoms in total. The molecule has 0 unspecified atom stereocenters. The van der Waals surface area contributed by atoms with Crippen molar-refractivity contribution in [3.63, 3.8) is 0 Å². The summed E-state index contributed by atoms with van der Waals surface area (Å²) in [6.07, 6.45) is 3.05. The average Bonchev–Trinajstić information content (AvgIpc) is 3.02. The third kappa shape index (κ3) is 3.57. The molecule has 1 aromatic heterocycles. The highest BCUT2D eigenvalue weighted by molar-refractivity contribution is 6.04. The molecule has 0 fully saturated rings. The number of hydrogen-bond acceptors (Lipinski definition) is 3. The number of anilines is 1. The third-order valence-electron chi connectivity index (χ3n) is 3.20. The molecule has 1 heterocycles. The van der Waals surface area contributed by atoms with Gasteiger partial charge in [0.15, 0.2) is 0 Å². The van der Waals surface area contributed by atoms with E-state index in [4.69, 9.17) is 0 Å². The van der Waals surface area contributed by atoms with Crippen molar-refractivity contribution in [3.05, 3.63) is 77.9 Å². The SMILES string of the molecule is O=C(Nc1ccc(Cn2cncn2)cc1)c1ccc(F)cc1F. The molecule has 0 atom stereocenters. The minimum atomic E-state index is -0.898. The van der Waals surface area contributed by atoms with Crippen LogP contribution >= 0.6 is 0 Å². The topological polar surface area (TPSA) is 59.8 Å². The van der Waals surface area contributed by atoms with E-state index in [-0.39, 0.29) is 5.56 Å². The van der Waals surface area contributed by atoms with Crippen molar-refractivity contribution in [1.82, 2.24) is 14.8 Å². The Balaban J connectivity index is 1.69. The molecule has 0 radical (unpaired) electrons. The number of hydrogen-bond donors (Lipinski definition) is 1. The van der Waals surface area contributed by atoms with Gasteiger partial charge < -0.3 is 5.32 Å². The minimum Gasteiger partial charge on any atom is -0.322 e. The summed E-state index contributed by atoms with van der Waals surface area (Å²) >= 11 is 0. The lowest BCUT2D eigenvalue weighted by molar-refractivity contribution is 0.102. The molecule has 2 aromatic carbocycles. The van der Waals surface area contributed by atoms with Crippen LogP contribution in [0.5, 0.6) is 0 Å². The molecule has 3 rings (SSSR count). The maximum Gasteiger partial charge on any atom is 0.258 e. The van der Waals surface area contributed by atoms with Crippen LogP contribution in [0.4, 0.5) is 14.5 Å². The molecule has 23 heavy (non-hydrogen) atoms. The fourth-order valence-corrected chi connectivity index (χ4v) is 2.07. The van der Waals surface area contributed by atoms with Crippen LogP contribution < -0.4 is 5.32 Å². The number of carbonyl (C=O) groups excluding carboxylic acids is 1. The van der Waals surface area contributed by atoms with Gasteiger partial charge in [-0.1, -0.05) is 12.1 Å². The van der Waals surface area contributed by atoms with E-state index in [1.54, 1.807) is 23.1 Å². The van der Waals surface area contributed by atoms with Crippen LogP contribution in [0.2, 0.25) is 0 Å². The molecule has 116 valence electrons. The van der Waals surface area contributed by atoms with Crippen molar-refractivity contribution in [2.45, 2.75) is 6.54 Å². The number of nitrogens with one attached hydrogen (secondary N) is 1. The average molecular weight is 314 g/mol. The molecule has 0 bridgehead atoms. The number of amides is 1. The number of aromatic nitrogens is 3. The fraction of sp³-hybridized carbons (Fsp3) is 0.0625. The molecule has 1 amide bonds. The van der Waals surface area contributed by atoms with Crippen LogP contribution in [-0.2, 0) is 6.54 Å². The molecule has 3 aromatic rings. The van der Waals surface area contributed by atoms with Gasteiger partial charge in [-0.2, -0.15) is 5.10 Å². The molecular weight excluding hydrogens is 302 g/mol. The van der Waals surface area contributed by atoms with Crippen molar-refractivity contribution in [2.75, 3.05) is 5.32 Å². The standard InChI is InChI=1S/C16H12F2N4O/c17-12-3-6-14(15(18)7-12)16(23)21-13-4-1-11(2-5-13)8-22-10-19-9-20-22/h1-7,9-10H,8H2,(H,21,23). The number of nitrogens with zero attached hydrogens (tertiary/aromatic N) is 3. The van der Waals surface area contributed by atoms with E-state index in [2.05, 4.69) is 15.4 Å². The number of carbonyl (C=O) groups is 1. The summed E-state index contributed by atoms with van der Waals surface area (Å²) in [7, 11) is 0. The second-order valence-corrected chi connectivity index (χ2v) is 4.87. The predicted octanol–water partition coefficient (Wildman–Crippen LogP) is 2.86. The lowest BCUT2D eigenvalue weighted by Gasteiger charge is -2.07. The van der Waals surface area contributed by atoms with E-state index >= 15 is 0 Å². The van der Waals surface area contributed by atoms with Crippen molar-refractivity contribution in [2.24, 2.45) is 0 Å². The summed E-state index contributed by atoms with van der Waals surface area (Å²) in [5.74, 6) is -2.26. The number of benzene rings is 2. The first-order chi connectivity index (χ1) is 11.1. The Kier molecular flexibility index (Phi) is 4.09. The highest BCUT2D eigenvalue weighted by Gasteiger charge is 2.12. The lowest BCUT2D eigenvalue weighted by atomic mass is 10.1. The normalized spacial score (nSPS) is 10.5. The molecule has 0 aliphatic rings. The number of halogens is 2. The van der Waals surface area contributed by atoms with Gasteiger partial charge in [-0.05, 0) is 29.8 Å². The summed E-state index contributed by atoms with van der Waals surface area (Å²) in [5, 5.41) is 6.57. The van der Waals surface area contributed by atoms with Crippen LogP contribution in [0.1, 0.15) is 15.9 Å². The first-order valence-electron chi connectivity index (χ1n) is 6.79. The molecule has 0 saturated heterocycles. The number of rotatable bonds is 4. The maximum absolute atomic E-state index is 13.6. The summed E-state index contributed by atoms with van der Waals surface area (Å²) in [4.78, 5) is 15.8. The third-order valence-corrected chi connectivity index (χ3v) is 3.20. The summed E-state index contributed by atoms with van der Waals surface area (Å²) in [5.41, 5.74) is 1.28. The van der Waals surface area contributed by atoms with Crippen molar-refractivity contribution in [3.8, 4) is 0 Å². The molecule has 1 N–H and O–H groups in total. The van der Waals surface area contributed by atoms with Crippen LogP contribution in [0.15, 0.2) is 55.1 Å². The zero-order valence-electron chi connectivity index (χ0n) is 11.9.